The number of carbonyl (C=O) groups excluding carboxylic acids is 1. The number of carbonyl (C=O) groups is 1. The van der Waals surface area contributed by atoms with Crippen LogP contribution in [0.3, 0.4) is 0 Å². The van der Waals surface area contributed by atoms with Gasteiger partial charge in [0, 0.05) is 23.5 Å². The minimum Gasteiger partial charge on any atom is -0.374 e. The van der Waals surface area contributed by atoms with E-state index in [9.17, 15) is 9.90 Å². The van der Waals surface area contributed by atoms with E-state index in [0.29, 0.717) is 29.4 Å². The van der Waals surface area contributed by atoms with Crippen molar-refractivity contribution in [3.05, 3.63) is 46.8 Å². The van der Waals surface area contributed by atoms with Crippen LogP contribution in [0.2, 0.25) is 0 Å². The minimum atomic E-state index is -1.48. The first-order valence-corrected chi connectivity index (χ1v) is 7.70. The molecule has 3 heterocycles. The molecule has 1 saturated heterocycles. The smallest absolute Gasteiger partial charge is 0.205 e. The Morgan fingerprint density at radius 1 is 1.33 bits per heavy atom. The number of benzene rings is 1. The van der Waals surface area contributed by atoms with Crippen LogP contribution in [0, 0.1) is 6.92 Å². The number of hydrogen-bond acceptors (Lipinski definition) is 5. The molecule has 1 aromatic heterocycles. The van der Waals surface area contributed by atoms with Gasteiger partial charge in [0.15, 0.2) is 11.4 Å². The molecule has 2 aliphatic rings. The molecule has 0 saturated carbocycles. The summed E-state index contributed by atoms with van der Waals surface area (Å²) in [6, 6.07) is 11.6. The van der Waals surface area contributed by atoms with E-state index in [4.69, 9.17) is 0 Å². The standard InChI is InChI=1S/C16H14N2O2S/c1-10-9-12-13(19)16(20)7-8-18(11-5-3-2-4-6-11)15(16)17-14(12)21-10/h2-6,9,20H,7-8H2,1H3. The van der Waals surface area contributed by atoms with Gasteiger partial charge in [-0.3, -0.25) is 4.79 Å². The van der Waals surface area contributed by atoms with E-state index in [-0.39, 0.29) is 5.78 Å². The van der Waals surface area contributed by atoms with E-state index in [1.54, 1.807) is 0 Å². The van der Waals surface area contributed by atoms with E-state index >= 15 is 0 Å². The molecule has 4 nitrogen and oxygen atoms in total. The van der Waals surface area contributed by atoms with Gasteiger partial charge in [0.05, 0.1) is 5.56 Å². The van der Waals surface area contributed by atoms with Gasteiger partial charge in [-0.1, -0.05) is 18.2 Å². The molecule has 1 aromatic carbocycles. The summed E-state index contributed by atoms with van der Waals surface area (Å²) in [4.78, 5) is 20.2. The number of thiophene rings is 1. The predicted molar refractivity (Wildman–Crippen MR) is 83.8 cm³/mol. The minimum absolute atomic E-state index is 0.217. The fraction of sp³-hybridized carbons (Fsp3) is 0.250. The quantitative estimate of drug-likeness (QED) is 0.880. The summed E-state index contributed by atoms with van der Waals surface area (Å²) < 4.78 is 0. The third-order valence-corrected chi connectivity index (χ3v) is 5.00. The molecule has 2 aliphatic heterocycles. The number of ketones is 1. The molecule has 1 unspecified atom stereocenters. The highest BCUT2D eigenvalue weighted by atomic mass is 32.1. The van der Waals surface area contributed by atoms with Crippen LogP contribution in [0.25, 0.3) is 0 Å². The topological polar surface area (TPSA) is 52.9 Å². The highest BCUT2D eigenvalue weighted by Crippen LogP contribution is 2.42. The number of Topliss-reactive ketones (excluding diaryl/α,β-unsaturated/α-hetero) is 1. The van der Waals surface area contributed by atoms with E-state index < -0.39 is 5.60 Å². The lowest BCUT2D eigenvalue weighted by atomic mass is 9.90. The maximum atomic E-state index is 12.7. The molecule has 0 spiro atoms. The molecule has 106 valence electrons. The van der Waals surface area contributed by atoms with Crippen molar-refractivity contribution in [2.45, 2.75) is 18.9 Å². The zero-order valence-corrected chi connectivity index (χ0v) is 12.4. The van der Waals surface area contributed by atoms with Crippen molar-refractivity contribution < 1.29 is 9.90 Å². The summed E-state index contributed by atoms with van der Waals surface area (Å²) in [5, 5.41) is 11.6. The number of rotatable bonds is 1. The summed E-state index contributed by atoms with van der Waals surface area (Å²) in [6.45, 7) is 2.55. The molecule has 0 radical (unpaired) electrons. The number of aliphatic hydroxyl groups is 1. The average Bonchev–Trinajstić information content (AvgIpc) is 3.02. The second-order valence-corrected chi connectivity index (χ2v) is 6.67. The first-order valence-electron chi connectivity index (χ1n) is 6.89. The van der Waals surface area contributed by atoms with Crippen molar-refractivity contribution in [1.82, 2.24) is 0 Å². The lowest BCUT2D eigenvalue weighted by Crippen LogP contribution is -2.48. The molecule has 21 heavy (non-hydrogen) atoms. The molecule has 1 atom stereocenters. The summed E-state index contributed by atoms with van der Waals surface area (Å²) >= 11 is 1.49. The molecular formula is C16H14N2O2S. The summed E-state index contributed by atoms with van der Waals surface area (Å²) in [5.74, 6) is 0.248. The molecule has 5 heteroatoms. The van der Waals surface area contributed by atoms with E-state index in [1.807, 2.05) is 48.2 Å². The molecule has 4 rings (SSSR count). The maximum Gasteiger partial charge on any atom is 0.205 e. The predicted octanol–water partition coefficient (Wildman–Crippen LogP) is 2.92. The monoisotopic (exact) mass is 298 g/mol. The van der Waals surface area contributed by atoms with Gasteiger partial charge in [-0.15, -0.1) is 11.3 Å². The Balaban J connectivity index is 1.88. The normalized spacial score (nSPS) is 23.8. The van der Waals surface area contributed by atoms with Crippen LogP contribution in [-0.4, -0.2) is 28.9 Å². The van der Waals surface area contributed by atoms with Crippen molar-refractivity contribution >= 4 is 33.6 Å². The van der Waals surface area contributed by atoms with Gasteiger partial charge >= 0.3 is 0 Å². The number of fused-ring (bicyclic) bond motifs is 2. The highest BCUT2D eigenvalue weighted by Gasteiger charge is 2.52. The average molecular weight is 298 g/mol. The molecule has 2 aromatic rings. The van der Waals surface area contributed by atoms with E-state index in [1.165, 1.54) is 11.3 Å². The molecule has 0 bridgehead atoms. The van der Waals surface area contributed by atoms with Crippen molar-refractivity contribution in [2.24, 2.45) is 4.99 Å². The largest absolute Gasteiger partial charge is 0.374 e. The van der Waals surface area contributed by atoms with Crippen molar-refractivity contribution in [1.29, 1.82) is 0 Å². The Kier molecular flexibility index (Phi) is 2.58. The first kappa shape index (κ1) is 12.7. The number of anilines is 1. The van der Waals surface area contributed by atoms with Crippen LogP contribution in [0.1, 0.15) is 21.7 Å². The number of hydrogen-bond donors (Lipinski definition) is 1. The summed E-state index contributed by atoms with van der Waals surface area (Å²) in [7, 11) is 0. The van der Waals surface area contributed by atoms with Crippen molar-refractivity contribution in [2.75, 3.05) is 11.4 Å². The second-order valence-electron chi connectivity index (χ2n) is 5.44. The van der Waals surface area contributed by atoms with Gasteiger partial charge in [0.25, 0.3) is 0 Å². The number of amidine groups is 1. The zero-order chi connectivity index (χ0) is 14.6. The van der Waals surface area contributed by atoms with Gasteiger partial charge in [-0.25, -0.2) is 4.99 Å². The Labute approximate surface area is 126 Å². The van der Waals surface area contributed by atoms with Crippen molar-refractivity contribution in [3.8, 4) is 0 Å². The second kappa shape index (κ2) is 4.26. The SMILES string of the molecule is Cc1cc2c(s1)N=C1N(c3ccccc3)CCC1(O)C2=O. The molecule has 1 fully saturated rings. The van der Waals surface area contributed by atoms with Crippen molar-refractivity contribution in [3.63, 3.8) is 0 Å². The fourth-order valence-electron chi connectivity index (χ4n) is 3.01. The maximum absolute atomic E-state index is 12.7. The van der Waals surface area contributed by atoms with Gasteiger partial charge in [-0.2, -0.15) is 0 Å². The van der Waals surface area contributed by atoms with E-state index in [0.717, 1.165) is 10.6 Å². The summed E-state index contributed by atoms with van der Waals surface area (Å²) in [5.41, 5.74) is 0.0338. The Hall–Kier alpha value is -1.98. The lowest BCUT2D eigenvalue weighted by molar-refractivity contribution is 0.0603. The third kappa shape index (κ3) is 1.71. The number of aliphatic imine (C=N–C) groups is 1. The Bertz CT molecular complexity index is 766. The van der Waals surface area contributed by atoms with Crippen LogP contribution in [0.4, 0.5) is 10.7 Å². The Morgan fingerprint density at radius 3 is 2.86 bits per heavy atom. The van der Waals surface area contributed by atoms with Gasteiger partial charge in [0.1, 0.15) is 5.00 Å². The third-order valence-electron chi connectivity index (χ3n) is 4.05. The van der Waals surface area contributed by atoms with Crippen LogP contribution in [0.5, 0.6) is 0 Å². The van der Waals surface area contributed by atoms with Crippen LogP contribution in [0.15, 0.2) is 41.4 Å². The zero-order valence-electron chi connectivity index (χ0n) is 11.5. The highest BCUT2D eigenvalue weighted by molar-refractivity contribution is 7.16. The molecular weight excluding hydrogens is 284 g/mol. The van der Waals surface area contributed by atoms with Crippen LogP contribution >= 0.6 is 11.3 Å². The first-order chi connectivity index (χ1) is 10.1. The number of para-hydroxylation sites is 1. The molecule has 1 N–H and O–H groups in total. The van der Waals surface area contributed by atoms with Gasteiger partial charge in [-0.05, 0) is 25.1 Å². The van der Waals surface area contributed by atoms with Crippen LogP contribution in [-0.2, 0) is 0 Å². The number of nitrogens with zero attached hydrogens (tertiary/aromatic N) is 2. The molecule has 0 amide bonds. The fourth-order valence-corrected chi connectivity index (χ4v) is 3.88. The lowest BCUT2D eigenvalue weighted by Gasteiger charge is -2.28. The molecule has 0 aliphatic carbocycles. The Morgan fingerprint density at radius 2 is 2.10 bits per heavy atom. The summed E-state index contributed by atoms with van der Waals surface area (Å²) in [6.07, 6.45) is 0.383. The number of aryl methyl sites for hydroxylation is 1. The van der Waals surface area contributed by atoms with Crippen LogP contribution < -0.4 is 4.90 Å². The van der Waals surface area contributed by atoms with E-state index in [2.05, 4.69) is 4.99 Å². The van der Waals surface area contributed by atoms with Gasteiger partial charge < -0.3 is 10.0 Å². The van der Waals surface area contributed by atoms with Gasteiger partial charge in [0.2, 0.25) is 5.78 Å².